The van der Waals surface area contributed by atoms with Crippen LogP contribution in [0, 0.1) is 0 Å². The molecule has 0 unspecified atom stereocenters. The third-order valence-electron chi connectivity index (χ3n) is 4.63. The van der Waals surface area contributed by atoms with E-state index in [0.29, 0.717) is 11.7 Å². The van der Waals surface area contributed by atoms with Crippen LogP contribution in [0.4, 0.5) is 0 Å². The van der Waals surface area contributed by atoms with Crippen molar-refractivity contribution in [3.05, 3.63) is 36.0 Å². The first-order valence-corrected chi connectivity index (χ1v) is 7.76. The summed E-state index contributed by atoms with van der Waals surface area (Å²) in [4.78, 5) is 20.2. The number of hydrogen-bond acceptors (Lipinski definition) is 2. The maximum Gasteiger partial charge on any atom is 0.270 e. The number of rotatable bonds is 3. The van der Waals surface area contributed by atoms with E-state index in [1.54, 1.807) is 0 Å². The standard InChI is InChI=1S/C17H23N3O/c1-3-20-10-8-14(9-11-20)19(2)17(21)16-12-13-6-4-5-7-15(13)18-16/h4-7,12,14,18H,3,8-11H2,1-2H3. The summed E-state index contributed by atoms with van der Waals surface area (Å²) in [5.41, 5.74) is 1.71. The smallest absolute Gasteiger partial charge is 0.270 e. The second-order valence-corrected chi connectivity index (χ2v) is 5.85. The Balaban J connectivity index is 1.72. The van der Waals surface area contributed by atoms with Crippen LogP contribution in [0.3, 0.4) is 0 Å². The molecule has 2 aromatic rings. The Morgan fingerprint density at radius 2 is 2.05 bits per heavy atom. The summed E-state index contributed by atoms with van der Waals surface area (Å²) >= 11 is 0. The molecule has 112 valence electrons. The van der Waals surface area contributed by atoms with Gasteiger partial charge in [0.2, 0.25) is 0 Å². The van der Waals surface area contributed by atoms with Crippen molar-refractivity contribution in [3.63, 3.8) is 0 Å². The fourth-order valence-corrected chi connectivity index (χ4v) is 3.17. The Bertz CT molecular complexity index is 593. The summed E-state index contributed by atoms with van der Waals surface area (Å²) in [5, 5.41) is 1.09. The molecule has 21 heavy (non-hydrogen) atoms. The third kappa shape index (κ3) is 2.81. The minimum atomic E-state index is 0.0983. The van der Waals surface area contributed by atoms with Crippen molar-refractivity contribution < 1.29 is 4.79 Å². The highest BCUT2D eigenvalue weighted by Gasteiger charge is 2.26. The molecule has 1 N–H and O–H groups in total. The first-order chi connectivity index (χ1) is 10.2. The summed E-state index contributed by atoms with van der Waals surface area (Å²) in [6.07, 6.45) is 2.13. The molecular weight excluding hydrogens is 262 g/mol. The molecule has 4 heteroatoms. The van der Waals surface area contributed by atoms with Crippen molar-refractivity contribution in [1.82, 2.24) is 14.8 Å². The van der Waals surface area contributed by atoms with Gasteiger partial charge in [-0.05, 0) is 31.5 Å². The van der Waals surface area contributed by atoms with Crippen molar-refractivity contribution in [3.8, 4) is 0 Å². The van der Waals surface area contributed by atoms with E-state index in [2.05, 4.69) is 16.8 Å². The summed E-state index contributed by atoms with van der Waals surface area (Å²) in [5.74, 6) is 0.0983. The SMILES string of the molecule is CCN1CCC(N(C)C(=O)c2cc3ccccc3[nH]2)CC1. The molecule has 1 aromatic heterocycles. The first-order valence-electron chi connectivity index (χ1n) is 7.76. The monoisotopic (exact) mass is 285 g/mol. The van der Waals surface area contributed by atoms with Gasteiger partial charge in [0.15, 0.2) is 0 Å². The number of fused-ring (bicyclic) bond motifs is 1. The number of carbonyl (C=O) groups excluding carboxylic acids is 1. The zero-order valence-corrected chi connectivity index (χ0v) is 12.8. The predicted molar refractivity (Wildman–Crippen MR) is 85.5 cm³/mol. The van der Waals surface area contributed by atoms with Crippen LogP contribution in [0.15, 0.2) is 30.3 Å². The second kappa shape index (κ2) is 5.90. The molecule has 0 atom stereocenters. The lowest BCUT2D eigenvalue weighted by Crippen LogP contribution is -2.45. The molecule has 4 nitrogen and oxygen atoms in total. The van der Waals surface area contributed by atoms with E-state index >= 15 is 0 Å². The zero-order chi connectivity index (χ0) is 14.8. The number of amides is 1. The maximum absolute atomic E-state index is 12.6. The second-order valence-electron chi connectivity index (χ2n) is 5.85. The fourth-order valence-electron chi connectivity index (χ4n) is 3.17. The van der Waals surface area contributed by atoms with Crippen molar-refractivity contribution in [2.45, 2.75) is 25.8 Å². The molecule has 0 spiro atoms. The molecule has 1 aliphatic heterocycles. The molecule has 1 aliphatic rings. The summed E-state index contributed by atoms with van der Waals surface area (Å²) in [7, 11) is 1.93. The Morgan fingerprint density at radius 1 is 1.33 bits per heavy atom. The lowest BCUT2D eigenvalue weighted by Gasteiger charge is -2.36. The average Bonchev–Trinajstić information content (AvgIpc) is 2.97. The van der Waals surface area contributed by atoms with Gasteiger partial charge in [-0.1, -0.05) is 25.1 Å². The Morgan fingerprint density at radius 3 is 2.71 bits per heavy atom. The minimum absolute atomic E-state index is 0.0983. The maximum atomic E-state index is 12.6. The number of hydrogen-bond donors (Lipinski definition) is 1. The van der Waals surface area contributed by atoms with Gasteiger partial charge in [-0.3, -0.25) is 4.79 Å². The average molecular weight is 285 g/mol. The largest absolute Gasteiger partial charge is 0.351 e. The predicted octanol–water partition coefficient (Wildman–Crippen LogP) is 2.72. The molecule has 0 radical (unpaired) electrons. The van der Waals surface area contributed by atoms with Crippen molar-refractivity contribution in [2.75, 3.05) is 26.7 Å². The molecule has 3 rings (SSSR count). The topological polar surface area (TPSA) is 39.3 Å². The Labute approximate surface area is 125 Å². The molecule has 0 bridgehead atoms. The molecule has 1 amide bonds. The number of aromatic nitrogens is 1. The lowest BCUT2D eigenvalue weighted by molar-refractivity contribution is 0.0642. The molecule has 0 aliphatic carbocycles. The number of H-pyrrole nitrogens is 1. The van der Waals surface area contributed by atoms with E-state index in [-0.39, 0.29) is 5.91 Å². The van der Waals surface area contributed by atoms with Gasteiger partial charge in [0, 0.05) is 37.1 Å². The molecular formula is C17H23N3O. The third-order valence-corrected chi connectivity index (χ3v) is 4.63. The zero-order valence-electron chi connectivity index (χ0n) is 12.8. The van der Waals surface area contributed by atoms with Gasteiger partial charge in [-0.2, -0.15) is 0 Å². The number of nitrogens with zero attached hydrogens (tertiary/aromatic N) is 2. The van der Waals surface area contributed by atoms with Crippen LogP contribution in [0.2, 0.25) is 0 Å². The number of aromatic amines is 1. The van der Waals surface area contributed by atoms with Crippen LogP contribution in [-0.4, -0.2) is 53.4 Å². The number of nitrogens with one attached hydrogen (secondary N) is 1. The highest BCUT2D eigenvalue weighted by atomic mass is 16.2. The van der Waals surface area contributed by atoms with Crippen molar-refractivity contribution in [2.24, 2.45) is 0 Å². The number of para-hydroxylation sites is 1. The highest BCUT2D eigenvalue weighted by Crippen LogP contribution is 2.20. The number of carbonyl (C=O) groups is 1. The Kier molecular flexibility index (Phi) is 3.97. The van der Waals surface area contributed by atoms with E-state index in [4.69, 9.17) is 0 Å². The van der Waals surface area contributed by atoms with Gasteiger partial charge < -0.3 is 14.8 Å². The van der Waals surface area contributed by atoms with Crippen LogP contribution < -0.4 is 0 Å². The van der Waals surface area contributed by atoms with Gasteiger partial charge >= 0.3 is 0 Å². The summed E-state index contributed by atoms with van der Waals surface area (Å²) in [6.45, 7) is 5.48. The summed E-state index contributed by atoms with van der Waals surface area (Å²) < 4.78 is 0. The molecule has 1 fully saturated rings. The van der Waals surface area contributed by atoms with Crippen LogP contribution in [0.1, 0.15) is 30.3 Å². The van der Waals surface area contributed by atoms with E-state index in [0.717, 1.165) is 43.4 Å². The normalized spacial score (nSPS) is 17.2. The highest BCUT2D eigenvalue weighted by molar-refractivity contribution is 5.98. The quantitative estimate of drug-likeness (QED) is 0.942. The molecule has 1 saturated heterocycles. The van der Waals surface area contributed by atoms with E-state index in [1.165, 1.54) is 0 Å². The van der Waals surface area contributed by atoms with Crippen LogP contribution in [0.5, 0.6) is 0 Å². The van der Waals surface area contributed by atoms with E-state index in [9.17, 15) is 4.79 Å². The van der Waals surface area contributed by atoms with Crippen LogP contribution in [-0.2, 0) is 0 Å². The fraction of sp³-hybridized carbons (Fsp3) is 0.471. The van der Waals surface area contributed by atoms with Crippen LogP contribution in [0.25, 0.3) is 10.9 Å². The molecule has 1 aromatic carbocycles. The lowest BCUT2D eigenvalue weighted by atomic mass is 10.0. The van der Waals surface area contributed by atoms with E-state index < -0.39 is 0 Å². The number of piperidine rings is 1. The van der Waals surface area contributed by atoms with E-state index in [1.807, 2.05) is 42.3 Å². The van der Waals surface area contributed by atoms with Gasteiger partial charge in [0.05, 0.1) is 0 Å². The van der Waals surface area contributed by atoms with Gasteiger partial charge in [-0.25, -0.2) is 0 Å². The van der Waals surface area contributed by atoms with Crippen molar-refractivity contribution >= 4 is 16.8 Å². The van der Waals surface area contributed by atoms with Gasteiger partial charge in [-0.15, -0.1) is 0 Å². The van der Waals surface area contributed by atoms with Crippen LogP contribution >= 0.6 is 0 Å². The number of benzene rings is 1. The first kappa shape index (κ1) is 14.1. The minimum Gasteiger partial charge on any atom is -0.351 e. The summed E-state index contributed by atoms with van der Waals surface area (Å²) in [6, 6.07) is 10.3. The van der Waals surface area contributed by atoms with Gasteiger partial charge in [0.25, 0.3) is 5.91 Å². The van der Waals surface area contributed by atoms with Crippen molar-refractivity contribution in [1.29, 1.82) is 0 Å². The Hall–Kier alpha value is -1.81. The molecule has 2 heterocycles. The van der Waals surface area contributed by atoms with Gasteiger partial charge in [0.1, 0.15) is 5.69 Å². The molecule has 0 saturated carbocycles. The number of likely N-dealkylation sites (tertiary alicyclic amines) is 1.